The molecule has 0 aromatic carbocycles. The fourth-order valence-electron chi connectivity index (χ4n) is 1.67. The molecule has 1 aliphatic rings. The van der Waals surface area contributed by atoms with Gasteiger partial charge in [-0.25, -0.2) is 0 Å². The minimum absolute atomic E-state index is 0.495. The first-order valence-corrected chi connectivity index (χ1v) is 7.87. The van der Waals surface area contributed by atoms with Gasteiger partial charge in [0, 0.05) is 12.5 Å². The van der Waals surface area contributed by atoms with Gasteiger partial charge in [0.25, 0.3) is 5.08 Å². The standard InChI is InChI=1S/C6H15NO7P2/c8-6(15(9,10)11,16(12,13)14)4-5-2-1-3-7-5/h5,7-8H,1-4H2,(H2,9,10,11)(H2,12,13,14). The van der Waals surface area contributed by atoms with Crippen LogP contribution in [0.15, 0.2) is 0 Å². The third-order valence-electron chi connectivity index (χ3n) is 2.62. The summed E-state index contributed by atoms with van der Waals surface area (Å²) in [5.41, 5.74) is 0. The highest BCUT2D eigenvalue weighted by atomic mass is 31.2. The van der Waals surface area contributed by atoms with Crippen molar-refractivity contribution in [1.29, 1.82) is 0 Å². The van der Waals surface area contributed by atoms with Gasteiger partial charge in [-0.15, -0.1) is 0 Å². The van der Waals surface area contributed by atoms with E-state index in [0.717, 1.165) is 6.42 Å². The van der Waals surface area contributed by atoms with E-state index < -0.39 is 32.7 Å². The molecule has 0 amide bonds. The van der Waals surface area contributed by atoms with E-state index in [1.807, 2.05) is 0 Å². The van der Waals surface area contributed by atoms with Crippen LogP contribution in [0.2, 0.25) is 0 Å². The summed E-state index contributed by atoms with van der Waals surface area (Å²) in [6.07, 6.45) is 0.590. The molecule has 1 atom stereocenters. The molecule has 1 aliphatic heterocycles. The lowest BCUT2D eigenvalue weighted by atomic mass is 10.2. The summed E-state index contributed by atoms with van der Waals surface area (Å²) < 4.78 is 22.0. The molecule has 1 unspecified atom stereocenters. The molecular formula is C6H15NO7P2. The highest BCUT2D eigenvalue weighted by Gasteiger charge is 2.60. The van der Waals surface area contributed by atoms with E-state index in [1.165, 1.54) is 0 Å². The zero-order valence-corrected chi connectivity index (χ0v) is 10.1. The van der Waals surface area contributed by atoms with Crippen molar-refractivity contribution in [2.75, 3.05) is 6.54 Å². The van der Waals surface area contributed by atoms with Crippen LogP contribution in [0.3, 0.4) is 0 Å². The molecular weight excluding hydrogens is 260 g/mol. The van der Waals surface area contributed by atoms with Crippen molar-refractivity contribution in [3.8, 4) is 0 Å². The largest absolute Gasteiger partial charge is 0.369 e. The minimum atomic E-state index is -5.31. The monoisotopic (exact) mass is 275 g/mol. The summed E-state index contributed by atoms with van der Waals surface area (Å²) in [5, 5.41) is 9.10. The Morgan fingerprint density at radius 3 is 2.00 bits per heavy atom. The van der Waals surface area contributed by atoms with Crippen molar-refractivity contribution in [2.24, 2.45) is 0 Å². The molecule has 0 aliphatic carbocycles. The molecule has 0 saturated carbocycles. The number of aliphatic hydroxyl groups is 1. The molecule has 1 rings (SSSR count). The maximum atomic E-state index is 11.0. The Morgan fingerprint density at radius 1 is 1.19 bits per heavy atom. The minimum Gasteiger partial charge on any atom is -0.367 e. The van der Waals surface area contributed by atoms with Gasteiger partial charge < -0.3 is 30.0 Å². The van der Waals surface area contributed by atoms with Crippen LogP contribution >= 0.6 is 15.2 Å². The topological polar surface area (TPSA) is 147 Å². The highest BCUT2D eigenvalue weighted by Crippen LogP contribution is 2.69. The lowest BCUT2D eigenvalue weighted by Gasteiger charge is -2.31. The first-order valence-electron chi connectivity index (χ1n) is 4.65. The average Bonchev–Trinajstić information content (AvgIpc) is 2.52. The Hall–Kier alpha value is 0.220. The van der Waals surface area contributed by atoms with Gasteiger partial charge in [-0.3, -0.25) is 9.13 Å². The Kier molecular flexibility index (Phi) is 4.00. The first-order chi connectivity index (χ1) is 7.08. The van der Waals surface area contributed by atoms with Gasteiger partial charge in [-0.05, 0) is 19.4 Å². The zero-order valence-electron chi connectivity index (χ0n) is 8.35. The molecule has 1 heterocycles. The summed E-state index contributed by atoms with van der Waals surface area (Å²) in [5.74, 6) is 0. The molecule has 0 radical (unpaired) electrons. The van der Waals surface area contributed by atoms with Crippen LogP contribution in [0.5, 0.6) is 0 Å². The van der Waals surface area contributed by atoms with Crippen LogP contribution in [0, 0.1) is 0 Å². The van der Waals surface area contributed by atoms with Gasteiger partial charge in [-0.2, -0.15) is 0 Å². The van der Waals surface area contributed by atoms with Gasteiger partial charge >= 0.3 is 15.2 Å². The van der Waals surface area contributed by atoms with E-state index in [4.69, 9.17) is 19.6 Å². The molecule has 0 aromatic rings. The molecule has 0 aromatic heterocycles. The van der Waals surface area contributed by atoms with Crippen molar-refractivity contribution >= 4 is 15.2 Å². The Labute approximate surface area is 92.0 Å². The number of rotatable bonds is 4. The maximum absolute atomic E-state index is 11.0. The predicted octanol–water partition coefficient (Wildman–Crippen LogP) is -0.870. The predicted molar refractivity (Wildman–Crippen MR) is 54.7 cm³/mol. The van der Waals surface area contributed by atoms with Crippen LogP contribution in [0.1, 0.15) is 19.3 Å². The van der Waals surface area contributed by atoms with E-state index in [0.29, 0.717) is 13.0 Å². The third-order valence-corrected chi connectivity index (χ3v) is 6.41. The third kappa shape index (κ3) is 2.72. The summed E-state index contributed by atoms with van der Waals surface area (Å²) in [6, 6.07) is -0.495. The molecule has 1 saturated heterocycles. The normalized spacial score (nSPS) is 23.7. The Balaban J connectivity index is 2.96. The molecule has 16 heavy (non-hydrogen) atoms. The van der Waals surface area contributed by atoms with Gasteiger partial charge in [0.2, 0.25) is 0 Å². The molecule has 0 bridgehead atoms. The van der Waals surface area contributed by atoms with Crippen LogP contribution in [-0.4, -0.2) is 42.3 Å². The second-order valence-corrected chi connectivity index (χ2v) is 7.87. The smallest absolute Gasteiger partial charge is 0.367 e. The molecule has 96 valence electrons. The summed E-state index contributed by atoms with van der Waals surface area (Å²) >= 11 is 0. The second-order valence-electron chi connectivity index (χ2n) is 3.86. The quantitative estimate of drug-likeness (QED) is 0.363. The average molecular weight is 275 g/mol. The summed E-state index contributed by atoms with van der Waals surface area (Å²) in [6.45, 7) is 0.600. The van der Waals surface area contributed by atoms with Gasteiger partial charge in [-0.1, -0.05) is 0 Å². The fraction of sp³-hybridized carbons (Fsp3) is 1.00. The van der Waals surface area contributed by atoms with Crippen LogP contribution < -0.4 is 5.32 Å². The first kappa shape index (κ1) is 14.3. The number of hydrogen-bond acceptors (Lipinski definition) is 4. The molecule has 0 spiro atoms. The number of hydrogen-bond donors (Lipinski definition) is 6. The maximum Gasteiger partial charge on any atom is 0.369 e. The van der Waals surface area contributed by atoms with Gasteiger partial charge in [0.1, 0.15) is 0 Å². The van der Waals surface area contributed by atoms with Crippen molar-refractivity contribution in [1.82, 2.24) is 5.32 Å². The van der Waals surface area contributed by atoms with Crippen LogP contribution in [0.4, 0.5) is 0 Å². The SMILES string of the molecule is O=P(O)(O)C(O)(CC1CCCN1)P(=O)(O)O. The Bertz CT molecular complexity index is 319. The van der Waals surface area contributed by atoms with Crippen molar-refractivity contribution in [3.63, 3.8) is 0 Å². The number of nitrogens with one attached hydrogen (secondary N) is 1. The second kappa shape index (κ2) is 4.48. The van der Waals surface area contributed by atoms with E-state index in [-0.39, 0.29) is 0 Å². The van der Waals surface area contributed by atoms with E-state index in [9.17, 15) is 14.2 Å². The lowest BCUT2D eigenvalue weighted by molar-refractivity contribution is 0.114. The van der Waals surface area contributed by atoms with Crippen LogP contribution in [0.25, 0.3) is 0 Å². The van der Waals surface area contributed by atoms with E-state index >= 15 is 0 Å². The van der Waals surface area contributed by atoms with E-state index in [1.54, 1.807) is 0 Å². The lowest BCUT2D eigenvalue weighted by Crippen LogP contribution is -2.36. The van der Waals surface area contributed by atoms with Crippen molar-refractivity contribution in [3.05, 3.63) is 0 Å². The van der Waals surface area contributed by atoms with E-state index in [2.05, 4.69) is 5.32 Å². The van der Waals surface area contributed by atoms with Gasteiger partial charge in [0.15, 0.2) is 0 Å². The fourth-order valence-corrected chi connectivity index (χ4v) is 3.94. The molecule has 6 N–H and O–H groups in total. The molecule has 1 fully saturated rings. The summed E-state index contributed by atoms with van der Waals surface area (Å²) in [4.78, 5) is 35.5. The summed E-state index contributed by atoms with van der Waals surface area (Å²) in [7, 11) is -10.6. The molecule has 8 nitrogen and oxygen atoms in total. The highest BCUT2D eigenvalue weighted by molar-refractivity contribution is 7.72. The molecule has 10 heteroatoms. The zero-order chi connectivity index (χ0) is 12.6. The van der Waals surface area contributed by atoms with Crippen LogP contribution in [-0.2, 0) is 9.13 Å². The van der Waals surface area contributed by atoms with Gasteiger partial charge in [0.05, 0.1) is 0 Å². The Morgan fingerprint density at radius 2 is 1.69 bits per heavy atom. The van der Waals surface area contributed by atoms with Crippen molar-refractivity contribution < 1.29 is 33.8 Å². The van der Waals surface area contributed by atoms with Crippen molar-refractivity contribution in [2.45, 2.75) is 30.4 Å².